The van der Waals surface area contributed by atoms with Crippen LogP contribution in [0.5, 0.6) is 0 Å². The molecule has 0 fully saturated rings. The first-order valence-electron chi connectivity index (χ1n) is 7.58. The number of alkyl halides is 2. The van der Waals surface area contributed by atoms with E-state index in [9.17, 15) is 26.8 Å². The van der Waals surface area contributed by atoms with Crippen molar-refractivity contribution >= 4 is 33.4 Å². The van der Waals surface area contributed by atoms with Crippen LogP contribution in [0.15, 0.2) is 57.2 Å². The molecule has 0 atom stereocenters. The molecule has 146 valence electrons. The van der Waals surface area contributed by atoms with Crippen LogP contribution in [0.2, 0.25) is 0 Å². The highest BCUT2D eigenvalue weighted by atomic mass is 32.2. The second-order valence-electron chi connectivity index (χ2n) is 5.54. The number of nitrogens with one attached hydrogen (secondary N) is 1. The van der Waals surface area contributed by atoms with Crippen molar-refractivity contribution in [3.8, 4) is 0 Å². The molecule has 0 aliphatic carbocycles. The van der Waals surface area contributed by atoms with Crippen LogP contribution in [0.4, 0.5) is 14.5 Å². The van der Waals surface area contributed by atoms with Crippen LogP contribution in [0.25, 0.3) is 0 Å². The number of carbonyl (C=O) groups is 1. The van der Waals surface area contributed by atoms with E-state index in [0.29, 0.717) is 0 Å². The maximum atomic E-state index is 12.6. The Balaban J connectivity index is 2.23. The molecule has 1 aromatic carbocycles. The first kappa shape index (κ1) is 21.1. The van der Waals surface area contributed by atoms with E-state index in [0.717, 1.165) is 27.2 Å². The molecule has 11 heteroatoms. The van der Waals surface area contributed by atoms with Crippen LogP contribution >= 0.6 is 11.8 Å². The summed E-state index contributed by atoms with van der Waals surface area (Å²) in [6.07, 6.45) is 1.07. The number of rotatable bonds is 7. The third kappa shape index (κ3) is 5.37. The third-order valence-electron chi connectivity index (χ3n) is 3.43. The number of amides is 1. The van der Waals surface area contributed by atoms with E-state index < -0.39 is 33.8 Å². The van der Waals surface area contributed by atoms with Gasteiger partial charge in [0.15, 0.2) is 0 Å². The quantitative estimate of drug-likeness (QED) is 0.697. The Kier molecular flexibility index (Phi) is 6.73. The van der Waals surface area contributed by atoms with Crippen LogP contribution in [-0.2, 0) is 21.4 Å². The van der Waals surface area contributed by atoms with Crippen molar-refractivity contribution in [3.05, 3.63) is 52.9 Å². The van der Waals surface area contributed by atoms with Crippen LogP contribution in [-0.4, -0.2) is 43.1 Å². The molecule has 1 N–H and O–H groups in total. The predicted octanol–water partition coefficient (Wildman–Crippen LogP) is 2.05. The average molecular weight is 417 g/mol. The van der Waals surface area contributed by atoms with Gasteiger partial charge in [0.05, 0.1) is 10.6 Å². The lowest BCUT2D eigenvalue weighted by molar-refractivity contribution is -0.116. The van der Waals surface area contributed by atoms with E-state index in [-0.39, 0.29) is 27.2 Å². The van der Waals surface area contributed by atoms with Crippen molar-refractivity contribution in [2.24, 2.45) is 0 Å². The number of nitrogens with zero attached hydrogens (tertiary/aromatic N) is 2. The first-order chi connectivity index (χ1) is 12.6. The van der Waals surface area contributed by atoms with E-state index in [1.165, 1.54) is 26.2 Å². The summed E-state index contributed by atoms with van der Waals surface area (Å²) in [5.41, 5.74) is -0.393. The molecule has 0 spiro atoms. The van der Waals surface area contributed by atoms with Gasteiger partial charge >= 0.3 is 0 Å². The minimum absolute atomic E-state index is 0.145. The SMILES string of the molecule is CN(C)S(=O)(=O)c1ccc(=O)n(CC(=O)Nc2ccccc2SC(F)F)c1. The van der Waals surface area contributed by atoms with E-state index in [1.54, 1.807) is 12.1 Å². The largest absolute Gasteiger partial charge is 0.324 e. The van der Waals surface area contributed by atoms with Gasteiger partial charge in [-0.05, 0) is 18.2 Å². The summed E-state index contributed by atoms with van der Waals surface area (Å²) in [6, 6.07) is 8.22. The fraction of sp³-hybridized carbons (Fsp3) is 0.250. The Labute approximate surface area is 159 Å². The molecule has 7 nitrogen and oxygen atoms in total. The Bertz CT molecular complexity index is 991. The molecule has 1 heterocycles. The Morgan fingerprint density at radius 1 is 1.22 bits per heavy atom. The molecule has 27 heavy (non-hydrogen) atoms. The second kappa shape index (κ2) is 8.63. The standard InChI is InChI=1S/C16H17F2N3O4S2/c1-20(2)27(24,25)11-7-8-15(23)21(9-11)10-14(22)19-12-5-3-4-6-13(12)26-16(17)18/h3-9,16H,10H2,1-2H3,(H,19,22). The highest BCUT2D eigenvalue weighted by Gasteiger charge is 2.19. The molecule has 0 saturated carbocycles. The van der Waals surface area contributed by atoms with Crippen molar-refractivity contribution in [3.63, 3.8) is 0 Å². The smallest absolute Gasteiger partial charge is 0.288 e. The summed E-state index contributed by atoms with van der Waals surface area (Å²) in [7, 11) is -1.09. The minimum Gasteiger partial charge on any atom is -0.324 e. The van der Waals surface area contributed by atoms with E-state index in [4.69, 9.17) is 0 Å². The first-order valence-corrected chi connectivity index (χ1v) is 9.90. The number of aromatic nitrogens is 1. The van der Waals surface area contributed by atoms with Gasteiger partial charge in [0.2, 0.25) is 15.9 Å². The number of sulfonamides is 1. The Morgan fingerprint density at radius 3 is 2.52 bits per heavy atom. The summed E-state index contributed by atoms with van der Waals surface area (Å²) < 4.78 is 51.4. The number of carbonyl (C=O) groups excluding carboxylic acids is 1. The molecule has 0 unspecified atom stereocenters. The predicted molar refractivity (Wildman–Crippen MR) is 98.5 cm³/mol. The topological polar surface area (TPSA) is 88.5 Å². The highest BCUT2D eigenvalue weighted by molar-refractivity contribution is 7.99. The number of para-hydroxylation sites is 1. The molecular weight excluding hydrogens is 400 g/mol. The number of hydrogen-bond acceptors (Lipinski definition) is 5. The van der Waals surface area contributed by atoms with Crippen molar-refractivity contribution < 1.29 is 22.0 Å². The summed E-state index contributed by atoms with van der Waals surface area (Å²) in [4.78, 5) is 24.2. The zero-order chi connectivity index (χ0) is 20.2. The van der Waals surface area contributed by atoms with Crippen molar-refractivity contribution in [1.82, 2.24) is 8.87 Å². The Morgan fingerprint density at radius 2 is 1.89 bits per heavy atom. The minimum atomic E-state index is -3.78. The molecule has 0 radical (unpaired) electrons. The normalized spacial score (nSPS) is 11.8. The molecule has 0 saturated heterocycles. The van der Waals surface area contributed by atoms with Gasteiger partial charge in [-0.1, -0.05) is 23.9 Å². The summed E-state index contributed by atoms with van der Waals surface area (Å²) in [5, 5.41) is 2.46. The fourth-order valence-electron chi connectivity index (χ4n) is 2.11. The average Bonchev–Trinajstić information content (AvgIpc) is 2.57. The van der Waals surface area contributed by atoms with E-state index in [2.05, 4.69) is 5.32 Å². The van der Waals surface area contributed by atoms with Crippen LogP contribution in [0.3, 0.4) is 0 Å². The van der Waals surface area contributed by atoms with Crippen LogP contribution in [0.1, 0.15) is 0 Å². The highest BCUT2D eigenvalue weighted by Crippen LogP contribution is 2.31. The molecule has 1 aromatic heterocycles. The zero-order valence-electron chi connectivity index (χ0n) is 14.4. The van der Waals surface area contributed by atoms with Crippen molar-refractivity contribution in [2.45, 2.75) is 22.1 Å². The third-order valence-corrected chi connectivity index (χ3v) is 6.01. The maximum Gasteiger partial charge on any atom is 0.288 e. The van der Waals surface area contributed by atoms with Gasteiger partial charge in [-0.25, -0.2) is 12.7 Å². The van der Waals surface area contributed by atoms with Gasteiger partial charge in [0.1, 0.15) is 6.54 Å². The molecule has 0 bridgehead atoms. The summed E-state index contributed by atoms with van der Waals surface area (Å²) in [5.74, 6) is -3.31. The van der Waals surface area contributed by atoms with Gasteiger partial charge < -0.3 is 9.88 Å². The number of thioether (sulfide) groups is 1. The summed E-state index contributed by atoms with van der Waals surface area (Å²) >= 11 is 0.284. The molecule has 2 aromatic rings. The lowest BCUT2D eigenvalue weighted by Gasteiger charge is -2.14. The van der Waals surface area contributed by atoms with Gasteiger partial charge in [-0.15, -0.1) is 0 Å². The molecule has 0 aliphatic rings. The monoisotopic (exact) mass is 417 g/mol. The number of halogens is 2. The number of pyridine rings is 1. The van der Waals surface area contributed by atoms with Gasteiger partial charge in [-0.3, -0.25) is 9.59 Å². The lowest BCUT2D eigenvalue weighted by Crippen LogP contribution is -2.29. The fourth-order valence-corrected chi connectivity index (χ4v) is 3.63. The van der Waals surface area contributed by atoms with Crippen LogP contribution < -0.4 is 10.9 Å². The molecule has 2 rings (SSSR count). The molecular formula is C16H17F2N3O4S2. The number of anilines is 1. The zero-order valence-corrected chi connectivity index (χ0v) is 16.1. The molecule has 1 amide bonds. The maximum absolute atomic E-state index is 12.6. The second-order valence-corrected chi connectivity index (χ2v) is 8.72. The lowest BCUT2D eigenvalue weighted by atomic mass is 10.3. The summed E-state index contributed by atoms with van der Waals surface area (Å²) in [6.45, 7) is -0.469. The van der Waals surface area contributed by atoms with Crippen molar-refractivity contribution in [2.75, 3.05) is 19.4 Å². The molecule has 0 aliphatic heterocycles. The van der Waals surface area contributed by atoms with Gasteiger partial charge in [-0.2, -0.15) is 8.78 Å². The van der Waals surface area contributed by atoms with Crippen LogP contribution in [0, 0.1) is 0 Å². The number of benzene rings is 1. The van der Waals surface area contributed by atoms with Gasteiger partial charge in [0.25, 0.3) is 11.3 Å². The van der Waals surface area contributed by atoms with E-state index >= 15 is 0 Å². The number of hydrogen-bond donors (Lipinski definition) is 1. The van der Waals surface area contributed by atoms with Crippen molar-refractivity contribution in [1.29, 1.82) is 0 Å². The van der Waals surface area contributed by atoms with Gasteiger partial charge in [0, 0.05) is 31.3 Å². The van der Waals surface area contributed by atoms with E-state index in [1.807, 2.05) is 0 Å². The Hall–Kier alpha value is -2.24.